The van der Waals surface area contributed by atoms with E-state index in [1.165, 1.54) is 0 Å². The first kappa shape index (κ1) is 31.0. The lowest BCUT2D eigenvalue weighted by Gasteiger charge is -2.21. The van der Waals surface area contributed by atoms with Gasteiger partial charge in [0.05, 0.1) is 35.5 Å². The van der Waals surface area contributed by atoms with Crippen molar-refractivity contribution in [3.05, 3.63) is 88.7 Å². The van der Waals surface area contributed by atoms with Gasteiger partial charge in [0.1, 0.15) is 11.4 Å². The monoisotopic (exact) mass is 591 g/mol. The maximum atomic E-state index is 13.2. The van der Waals surface area contributed by atoms with E-state index in [1.54, 1.807) is 30.0 Å². The zero-order chi connectivity index (χ0) is 30.4. The number of carbonyl (C=O) groups excluding carboxylic acids is 2. The third-order valence-electron chi connectivity index (χ3n) is 6.59. The third kappa shape index (κ3) is 8.09. The van der Waals surface area contributed by atoms with Gasteiger partial charge in [0.2, 0.25) is 5.91 Å². The first-order chi connectivity index (χ1) is 20.0. The van der Waals surface area contributed by atoms with Crippen molar-refractivity contribution in [2.45, 2.75) is 45.4 Å². The van der Waals surface area contributed by atoms with Crippen molar-refractivity contribution < 1.29 is 19.4 Å². The number of rotatable bonds is 12. The number of likely N-dealkylation sites (N-methyl/N-ethyl adjacent to an activating group) is 1. The van der Waals surface area contributed by atoms with Gasteiger partial charge in [-0.3, -0.25) is 9.59 Å². The number of carbonyl (C=O) groups is 2. The third-order valence-corrected chi connectivity index (χ3v) is 6.89. The number of nitrogens with zero attached hydrogens (tertiary/aromatic N) is 3. The lowest BCUT2D eigenvalue weighted by Crippen LogP contribution is -2.46. The Labute approximate surface area is 251 Å². The number of nitrogens with one attached hydrogen (secondary N) is 2. The molecular weight excluding hydrogens is 554 g/mol. The molecule has 9 nitrogen and oxygen atoms in total. The van der Waals surface area contributed by atoms with Crippen molar-refractivity contribution in [2.75, 3.05) is 27.2 Å². The Kier molecular flexibility index (Phi) is 10.2. The SMILES string of the molecule is CC(C)Oc1ccc(C(=O)NC(CNC(=O)CN(C)C)Cc2ccc(-c3cn4cccc([C@H](C)O)c4n3)cc2)cc1Cl. The molecule has 42 heavy (non-hydrogen) atoms. The number of hydrogen-bond acceptors (Lipinski definition) is 6. The lowest BCUT2D eigenvalue weighted by molar-refractivity contribution is -0.121. The second kappa shape index (κ2) is 13.8. The van der Waals surface area contributed by atoms with Gasteiger partial charge < -0.3 is 29.8 Å². The highest BCUT2D eigenvalue weighted by molar-refractivity contribution is 6.32. The summed E-state index contributed by atoms with van der Waals surface area (Å²) in [6.45, 7) is 6.05. The molecule has 0 aliphatic rings. The average Bonchev–Trinajstić information content (AvgIpc) is 3.37. The summed E-state index contributed by atoms with van der Waals surface area (Å²) in [6.07, 6.45) is 3.66. The van der Waals surface area contributed by atoms with E-state index in [2.05, 4.69) is 10.6 Å². The topological polar surface area (TPSA) is 108 Å². The van der Waals surface area contributed by atoms with E-state index < -0.39 is 6.10 Å². The minimum absolute atomic E-state index is 0.0434. The summed E-state index contributed by atoms with van der Waals surface area (Å²) in [5.41, 5.74) is 4.58. The quantitative estimate of drug-likeness (QED) is 0.224. The van der Waals surface area contributed by atoms with Gasteiger partial charge in [-0.2, -0.15) is 0 Å². The van der Waals surface area contributed by atoms with Crippen LogP contribution in [0, 0.1) is 0 Å². The van der Waals surface area contributed by atoms with Crippen LogP contribution < -0.4 is 15.4 Å². The van der Waals surface area contributed by atoms with Gasteiger partial charge in [0.25, 0.3) is 5.91 Å². The highest BCUT2D eigenvalue weighted by atomic mass is 35.5. The largest absolute Gasteiger partial charge is 0.489 e. The van der Waals surface area contributed by atoms with E-state index in [0.29, 0.717) is 28.4 Å². The van der Waals surface area contributed by atoms with Crippen LogP contribution in [0.4, 0.5) is 0 Å². The molecule has 0 aliphatic heterocycles. The van der Waals surface area contributed by atoms with Crippen LogP contribution in [-0.2, 0) is 11.2 Å². The second-order valence-corrected chi connectivity index (χ2v) is 11.3. The van der Waals surface area contributed by atoms with E-state index in [0.717, 1.165) is 22.4 Å². The molecule has 0 fully saturated rings. The number of pyridine rings is 1. The average molecular weight is 592 g/mol. The van der Waals surface area contributed by atoms with E-state index in [-0.39, 0.29) is 37.0 Å². The molecule has 2 aromatic carbocycles. The number of amides is 2. The summed E-state index contributed by atoms with van der Waals surface area (Å²) < 4.78 is 7.58. The predicted molar refractivity (Wildman–Crippen MR) is 165 cm³/mol. The Morgan fingerprint density at radius 1 is 1.10 bits per heavy atom. The fraction of sp³-hybridized carbons (Fsp3) is 0.344. The molecule has 0 saturated heterocycles. The number of aliphatic hydroxyl groups is 1. The molecule has 0 spiro atoms. The van der Waals surface area contributed by atoms with Crippen LogP contribution in [-0.4, -0.2) is 70.5 Å². The van der Waals surface area contributed by atoms with Crippen molar-refractivity contribution in [1.82, 2.24) is 24.9 Å². The van der Waals surface area contributed by atoms with Crippen LogP contribution in [0.5, 0.6) is 5.75 Å². The molecule has 0 bridgehead atoms. The summed E-state index contributed by atoms with van der Waals surface area (Å²) in [7, 11) is 3.65. The van der Waals surface area contributed by atoms with Crippen molar-refractivity contribution >= 4 is 29.1 Å². The molecule has 0 aliphatic carbocycles. The number of imidazole rings is 1. The van der Waals surface area contributed by atoms with Crippen molar-refractivity contribution in [3.63, 3.8) is 0 Å². The van der Waals surface area contributed by atoms with Gasteiger partial charge >= 0.3 is 0 Å². The molecule has 222 valence electrons. The standard InChI is InChI=1S/C32H38ClN5O4/c1-20(2)42-29-13-12-24(16-27(29)33)32(41)35-25(17-34-30(40)19-37(4)5)15-22-8-10-23(11-9-22)28-18-38-14-6-7-26(21(3)39)31(38)36-28/h6-14,16,18,20-21,25,39H,15,17,19H2,1-5H3,(H,34,40)(H,35,41)/t21-,25?/m0/s1. The highest BCUT2D eigenvalue weighted by Crippen LogP contribution is 2.27. The van der Waals surface area contributed by atoms with Crippen LogP contribution in [0.2, 0.25) is 5.02 Å². The van der Waals surface area contributed by atoms with E-state index in [1.807, 2.05) is 81.1 Å². The molecule has 10 heteroatoms. The molecule has 4 aromatic rings. The highest BCUT2D eigenvalue weighted by Gasteiger charge is 2.18. The fourth-order valence-corrected chi connectivity index (χ4v) is 4.84. The van der Waals surface area contributed by atoms with E-state index in [9.17, 15) is 14.7 Å². The molecule has 1 unspecified atom stereocenters. The van der Waals surface area contributed by atoms with Crippen LogP contribution in [0.3, 0.4) is 0 Å². The van der Waals surface area contributed by atoms with E-state index in [4.69, 9.17) is 21.3 Å². The lowest BCUT2D eigenvalue weighted by atomic mass is 10.0. The number of hydrogen-bond donors (Lipinski definition) is 3. The minimum Gasteiger partial charge on any atom is -0.489 e. The molecular formula is C32H38ClN5O4. The molecule has 2 atom stereocenters. The van der Waals surface area contributed by atoms with Gasteiger partial charge in [-0.15, -0.1) is 0 Å². The Balaban J connectivity index is 1.50. The van der Waals surface area contributed by atoms with Crippen molar-refractivity contribution in [1.29, 1.82) is 0 Å². The second-order valence-electron chi connectivity index (χ2n) is 10.9. The normalized spacial score (nSPS) is 12.9. The van der Waals surface area contributed by atoms with E-state index >= 15 is 0 Å². The smallest absolute Gasteiger partial charge is 0.251 e. The Bertz CT molecular complexity index is 1530. The van der Waals surface area contributed by atoms with Crippen LogP contribution in [0.25, 0.3) is 16.9 Å². The maximum absolute atomic E-state index is 13.2. The summed E-state index contributed by atoms with van der Waals surface area (Å²) >= 11 is 6.36. The molecule has 2 aromatic heterocycles. The summed E-state index contributed by atoms with van der Waals surface area (Å²) in [5, 5.41) is 16.4. The van der Waals surface area contributed by atoms with Crippen LogP contribution in [0.1, 0.15) is 48.4 Å². The molecule has 4 rings (SSSR count). The van der Waals surface area contributed by atoms with Crippen LogP contribution >= 0.6 is 11.6 Å². The minimum atomic E-state index is -0.626. The Morgan fingerprint density at radius 2 is 1.83 bits per heavy atom. The molecule has 0 radical (unpaired) electrons. The Hall–Kier alpha value is -3.92. The van der Waals surface area contributed by atoms with Gasteiger partial charge in [0, 0.05) is 35.6 Å². The predicted octanol–water partition coefficient (Wildman–Crippen LogP) is 4.51. The van der Waals surface area contributed by atoms with Gasteiger partial charge in [-0.1, -0.05) is 41.9 Å². The molecule has 2 heterocycles. The number of fused-ring (bicyclic) bond motifs is 1. The first-order valence-corrected chi connectivity index (χ1v) is 14.3. The van der Waals surface area contributed by atoms with Gasteiger partial charge in [-0.05, 0) is 71.1 Å². The number of aromatic nitrogens is 2. The zero-order valence-corrected chi connectivity index (χ0v) is 25.4. The Morgan fingerprint density at radius 3 is 2.48 bits per heavy atom. The number of ether oxygens (including phenoxy) is 1. The number of halogens is 1. The van der Waals surface area contributed by atoms with Crippen molar-refractivity contribution in [3.8, 4) is 17.0 Å². The van der Waals surface area contributed by atoms with Crippen molar-refractivity contribution in [2.24, 2.45) is 0 Å². The molecule has 2 amide bonds. The first-order valence-electron chi connectivity index (χ1n) is 13.9. The van der Waals surface area contributed by atoms with Gasteiger partial charge in [-0.25, -0.2) is 4.98 Å². The zero-order valence-electron chi connectivity index (χ0n) is 24.6. The van der Waals surface area contributed by atoms with Crippen LogP contribution in [0.15, 0.2) is 67.0 Å². The fourth-order valence-electron chi connectivity index (χ4n) is 4.61. The molecule has 0 saturated carbocycles. The summed E-state index contributed by atoms with van der Waals surface area (Å²) in [5.74, 6) is 0.0924. The summed E-state index contributed by atoms with van der Waals surface area (Å²) in [4.78, 5) is 32.1. The molecule has 3 N–H and O–H groups in total. The maximum Gasteiger partial charge on any atom is 0.251 e. The number of benzene rings is 2. The summed E-state index contributed by atoms with van der Waals surface area (Å²) in [6, 6.07) is 16.3. The number of aliphatic hydroxyl groups excluding tert-OH is 1. The van der Waals surface area contributed by atoms with Gasteiger partial charge in [0.15, 0.2) is 0 Å².